The number of esters is 1. The molecule has 22 heavy (non-hydrogen) atoms. The average molecular weight is 458 g/mol. The summed E-state index contributed by atoms with van der Waals surface area (Å²) in [4.78, 5) is 25.1. The summed E-state index contributed by atoms with van der Waals surface area (Å²) >= 11 is 2.02. The van der Waals surface area contributed by atoms with Gasteiger partial charge in [-0.15, -0.1) is 0 Å². The van der Waals surface area contributed by atoms with E-state index in [1.54, 1.807) is 18.2 Å². The second kappa shape index (κ2) is 6.71. The van der Waals surface area contributed by atoms with Gasteiger partial charge in [-0.2, -0.15) is 0 Å². The Bertz CT molecular complexity index is 721. The molecule has 0 spiro atoms. The zero-order chi connectivity index (χ0) is 16.5. The number of anilines is 1. The number of halogens is 2. The summed E-state index contributed by atoms with van der Waals surface area (Å²) in [6.45, 7) is 0.290. The molecule has 1 fully saturated rings. The van der Waals surface area contributed by atoms with E-state index in [1.165, 1.54) is 12.0 Å². The molecule has 1 aromatic carbocycles. The normalized spacial score (nSPS) is 18.6. The van der Waals surface area contributed by atoms with Gasteiger partial charge in [0.05, 0.1) is 24.1 Å². The SMILES string of the molecule is COC(=O)c1ccc(N2CC(CS(=O)(=O)Cl)CC2=O)c(I)c1. The van der Waals surface area contributed by atoms with Gasteiger partial charge >= 0.3 is 5.97 Å². The molecule has 1 aliphatic heterocycles. The highest BCUT2D eigenvalue weighted by Gasteiger charge is 2.34. The van der Waals surface area contributed by atoms with Crippen molar-refractivity contribution in [2.45, 2.75) is 6.42 Å². The molecule has 1 unspecified atom stereocenters. The molecule has 0 N–H and O–H groups in total. The Hall–Kier alpha value is -0.870. The molecule has 1 aromatic rings. The highest BCUT2D eigenvalue weighted by Crippen LogP contribution is 2.31. The molecule has 1 aliphatic rings. The predicted octanol–water partition coefficient (Wildman–Crippen LogP) is 2.00. The number of benzene rings is 1. The number of carbonyl (C=O) groups is 2. The van der Waals surface area contributed by atoms with Gasteiger partial charge in [0.1, 0.15) is 0 Å². The summed E-state index contributed by atoms with van der Waals surface area (Å²) in [5, 5.41) is 0. The monoisotopic (exact) mass is 457 g/mol. The summed E-state index contributed by atoms with van der Waals surface area (Å²) in [7, 11) is 2.91. The van der Waals surface area contributed by atoms with Crippen LogP contribution in [0.3, 0.4) is 0 Å². The largest absolute Gasteiger partial charge is 0.465 e. The number of hydrogen-bond donors (Lipinski definition) is 0. The van der Waals surface area contributed by atoms with Gasteiger partial charge in [-0.1, -0.05) is 0 Å². The van der Waals surface area contributed by atoms with Gasteiger partial charge < -0.3 is 9.64 Å². The molecule has 1 saturated heterocycles. The second-order valence-corrected chi connectivity index (χ2v) is 8.92. The second-order valence-electron chi connectivity index (χ2n) is 4.94. The first-order chi connectivity index (χ1) is 10.2. The molecule has 0 radical (unpaired) electrons. The molecule has 1 atom stereocenters. The van der Waals surface area contributed by atoms with Crippen molar-refractivity contribution in [2.24, 2.45) is 5.92 Å². The summed E-state index contributed by atoms with van der Waals surface area (Å²) < 4.78 is 27.6. The lowest BCUT2D eigenvalue weighted by atomic mass is 10.1. The molecule has 0 bridgehead atoms. The molecule has 1 amide bonds. The van der Waals surface area contributed by atoms with Crippen LogP contribution in [0.5, 0.6) is 0 Å². The van der Waals surface area contributed by atoms with Gasteiger partial charge in [0.25, 0.3) is 0 Å². The van der Waals surface area contributed by atoms with E-state index in [9.17, 15) is 18.0 Å². The fourth-order valence-corrected chi connectivity index (χ4v) is 4.51. The highest BCUT2D eigenvalue weighted by molar-refractivity contribution is 14.1. The van der Waals surface area contributed by atoms with Gasteiger partial charge in [0.2, 0.25) is 15.0 Å². The van der Waals surface area contributed by atoms with E-state index in [1.807, 2.05) is 22.6 Å². The molecular weight excluding hydrogens is 445 g/mol. The molecule has 2 rings (SSSR count). The van der Waals surface area contributed by atoms with Crippen LogP contribution in [0.2, 0.25) is 0 Å². The molecular formula is C13H13ClINO5S. The first-order valence-electron chi connectivity index (χ1n) is 6.32. The Morgan fingerprint density at radius 1 is 1.50 bits per heavy atom. The maximum atomic E-state index is 12.1. The van der Waals surface area contributed by atoms with Crippen LogP contribution in [0.1, 0.15) is 16.8 Å². The molecule has 0 saturated carbocycles. The Morgan fingerprint density at radius 2 is 2.18 bits per heavy atom. The topological polar surface area (TPSA) is 80.8 Å². The van der Waals surface area contributed by atoms with Gasteiger partial charge in [-0.05, 0) is 40.8 Å². The zero-order valence-electron chi connectivity index (χ0n) is 11.6. The summed E-state index contributed by atoms with van der Waals surface area (Å²) in [5.74, 6) is -1.17. The third kappa shape index (κ3) is 4.11. The van der Waals surface area contributed by atoms with Crippen molar-refractivity contribution >= 4 is 59.9 Å². The summed E-state index contributed by atoms with van der Waals surface area (Å²) in [6.07, 6.45) is 0.140. The minimum Gasteiger partial charge on any atom is -0.465 e. The minimum atomic E-state index is -3.64. The molecule has 0 aromatic heterocycles. The van der Waals surface area contributed by atoms with Gasteiger partial charge in [-0.25, -0.2) is 13.2 Å². The number of hydrogen-bond acceptors (Lipinski definition) is 5. The van der Waals surface area contributed by atoms with Crippen molar-refractivity contribution in [1.82, 2.24) is 0 Å². The summed E-state index contributed by atoms with van der Waals surface area (Å²) in [5.41, 5.74) is 1.04. The number of carbonyl (C=O) groups excluding carboxylic acids is 2. The fraction of sp³-hybridized carbons (Fsp3) is 0.385. The van der Waals surface area contributed by atoms with Crippen molar-refractivity contribution in [2.75, 3.05) is 24.3 Å². The van der Waals surface area contributed by atoms with Gasteiger partial charge in [0.15, 0.2) is 0 Å². The van der Waals surface area contributed by atoms with E-state index in [0.29, 0.717) is 21.4 Å². The summed E-state index contributed by atoms with van der Waals surface area (Å²) in [6, 6.07) is 4.85. The maximum Gasteiger partial charge on any atom is 0.337 e. The van der Waals surface area contributed by atoms with E-state index in [-0.39, 0.29) is 24.0 Å². The lowest BCUT2D eigenvalue weighted by Gasteiger charge is -2.18. The van der Waals surface area contributed by atoms with Crippen LogP contribution in [0.25, 0.3) is 0 Å². The Labute approximate surface area is 146 Å². The molecule has 0 aliphatic carbocycles. The van der Waals surface area contributed by atoms with E-state index >= 15 is 0 Å². The zero-order valence-corrected chi connectivity index (χ0v) is 15.3. The predicted molar refractivity (Wildman–Crippen MR) is 90.6 cm³/mol. The maximum absolute atomic E-state index is 12.1. The number of ether oxygens (including phenoxy) is 1. The van der Waals surface area contributed by atoms with Crippen LogP contribution in [-0.2, 0) is 18.6 Å². The molecule has 6 nitrogen and oxygen atoms in total. The number of nitrogens with zero attached hydrogens (tertiary/aromatic N) is 1. The third-order valence-electron chi connectivity index (χ3n) is 3.30. The van der Waals surface area contributed by atoms with E-state index in [4.69, 9.17) is 10.7 Å². The Balaban J connectivity index is 2.22. The van der Waals surface area contributed by atoms with Crippen molar-refractivity contribution in [3.05, 3.63) is 27.3 Å². The third-order valence-corrected chi connectivity index (χ3v) is 5.41. The van der Waals surface area contributed by atoms with E-state index in [2.05, 4.69) is 4.74 Å². The fourth-order valence-electron chi connectivity index (χ4n) is 2.38. The smallest absolute Gasteiger partial charge is 0.337 e. The van der Waals surface area contributed by atoms with Crippen molar-refractivity contribution in [3.63, 3.8) is 0 Å². The van der Waals surface area contributed by atoms with Crippen molar-refractivity contribution in [1.29, 1.82) is 0 Å². The van der Waals surface area contributed by atoms with Crippen LogP contribution >= 0.6 is 33.3 Å². The van der Waals surface area contributed by atoms with Crippen molar-refractivity contribution < 1.29 is 22.7 Å². The quantitative estimate of drug-likeness (QED) is 0.392. The highest BCUT2D eigenvalue weighted by atomic mass is 127. The van der Waals surface area contributed by atoms with Crippen LogP contribution in [0.15, 0.2) is 18.2 Å². The standard InChI is InChI=1S/C13H13ClINO5S/c1-21-13(18)9-2-3-11(10(15)5-9)16-6-8(4-12(16)17)7-22(14,19)20/h2-3,5,8H,4,6-7H2,1H3. The first-order valence-corrected chi connectivity index (χ1v) is 9.87. The van der Waals surface area contributed by atoms with Gasteiger partial charge in [-0.3, -0.25) is 4.79 Å². The Morgan fingerprint density at radius 3 is 2.73 bits per heavy atom. The van der Waals surface area contributed by atoms with E-state index in [0.717, 1.165) is 0 Å². The molecule has 1 heterocycles. The average Bonchev–Trinajstić information content (AvgIpc) is 2.76. The van der Waals surface area contributed by atoms with E-state index < -0.39 is 15.0 Å². The lowest BCUT2D eigenvalue weighted by Crippen LogP contribution is -2.26. The number of methoxy groups -OCH3 is 1. The molecule has 120 valence electrons. The van der Waals surface area contributed by atoms with Crippen LogP contribution in [-0.4, -0.2) is 39.7 Å². The number of amides is 1. The van der Waals surface area contributed by atoms with Crippen LogP contribution in [0, 0.1) is 9.49 Å². The number of rotatable bonds is 4. The van der Waals surface area contributed by atoms with Crippen LogP contribution < -0.4 is 4.90 Å². The lowest BCUT2D eigenvalue weighted by molar-refractivity contribution is -0.117. The van der Waals surface area contributed by atoms with Crippen LogP contribution in [0.4, 0.5) is 5.69 Å². The van der Waals surface area contributed by atoms with Gasteiger partial charge in [0, 0.05) is 33.1 Å². The van der Waals surface area contributed by atoms with Crippen molar-refractivity contribution in [3.8, 4) is 0 Å². The first kappa shape index (κ1) is 17.5. The minimum absolute atomic E-state index is 0.140. The molecule has 9 heteroatoms. The Kier molecular flexibility index (Phi) is 5.33.